The number of nitrogens with zero attached hydrogens (tertiary/aromatic N) is 2. The molecule has 4 N–H and O–H groups in total. The van der Waals surface area contributed by atoms with Crippen LogP contribution in [0.5, 0.6) is 0 Å². The molecule has 116 valence electrons. The molecule has 0 saturated carbocycles. The van der Waals surface area contributed by atoms with Gasteiger partial charge < -0.3 is 10.3 Å². The molecule has 2 aliphatic heterocycles. The number of hydrogen-bond acceptors (Lipinski definition) is 6. The van der Waals surface area contributed by atoms with Gasteiger partial charge in [-0.2, -0.15) is 0 Å². The third-order valence-corrected chi connectivity index (χ3v) is 5.84. The minimum Gasteiger partial charge on any atom is -0.308 e. The molecular formula is C13H21N5O2S. The van der Waals surface area contributed by atoms with Gasteiger partial charge in [0.25, 0.3) is 0 Å². The summed E-state index contributed by atoms with van der Waals surface area (Å²) in [5, 5.41) is 0. The van der Waals surface area contributed by atoms with Crippen LogP contribution in [0.3, 0.4) is 0 Å². The molecule has 2 saturated heterocycles. The van der Waals surface area contributed by atoms with Gasteiger partial charge in [0.05, 0.1) is 0 Å². The minimum absolute atomic E-state index is 0.0154. The Morgan fingerprint density at radius 1 is 1.29 bits per heavy atom. The highest BCUT2D eigenvalue weighted by Gasteiger charge is 2.33. The van der Waals surface area contributed by atoms with Crippen molar-refractivity contribution in [3.05, 3.63) is 18.3 Å². The van der Waals surface area contributed by atoms with Crippen LogP contribution in [0.1, 0.15) is 25.7 Å². The summed E-state index contributed by atoms with van der Waals surface area (Å²) < 4.78 is 27.6. The number of aromatic nitrogens is 1. The van der Waals surface area contributed by atoms with Gasteiger partial charge in [-0.15, -0.1) is 0 Å². The van der Waals surface area contributed by atoms with Gasteiger partial charge >= 0.3 is 0 Å². The molecule has 1 aromatic rings. The Kier molecular flexibility index (Phi) is 4.12. The number of rotatable bonds is 4. The molecule has 3 rings (SSSR count). The molecule has 0 amide bonds. The topological polar surface area (TPSA) is 100 Å². The summed E-state index contributed by atoms with van der Waals surface area (Å²) in [4.78, 5) is 6.59. The zero-order valence-electron chi connectivity index (χ0n) is 11.8. The number of nitrogen functional groups attached to an aromatic ring is 1. The summed E-state index contributed by atoms with van der Waals surface area (Å²) >= 11 is 0. The summed E-state index contributed by atoms with van der Waals surface area (Å²) in [5.41, 5.74) is 2.38. The standard InChI is InChI=1S/C13H21N5O2S/c14-16-13-4-3-12(9-15-13)21(19,20)17-10-5-7-18-6-1-2-11(18)8-10/h3-4,9-11,17H,1-2,5-8,14H2,(H,15,16). The fourth-order valence-corrected chi connectivity index (χ4v) is 4.47. The molecule has 8 heteroatoms. The fraction of sp³-hybridized carbons (Fsp3) is 0.615. The quantitative estimate of drug-likeness (QED) is 0.545. The van der Waals surface area contributed by atoms with E-state index in [0.717, 1.165) is 25.9 Å². The van der Waals surface area contributed by atoms with Crippen molar-refractivity contribution in [2.24, 2.45) is 5.84 Å². The smallest absolute Gasteiger partial charge is 0.242 e. The molecule has 0 aromatic carbocycles. The van der Waals surface area contributed by atoms with Crippen molar-refractivity contribution in [1.29, 1.82) is 0 Å². The average Bonchev–Trinajstić information content (AvgIpc) is 2.94. The SMILES string of the molecule is NNc1ccc(S(=O)(=O)NC2CCN3CCCC3C2)cn1. The summed E-state index contributed by atoms with van der Waals surface area (Å²) in [6.07, 6.45) is 5.49. The van der Waals surface area contributed by atoms with Gasteiger partial charge in [0, 0.05) is 18.3 Å². The Hall–Kier alpha value is -1.22. The van der Waals surface area contributed by atoms with Gasteiger partial charge in [0.15, 0.2) is 0 Å². The van der Waals surface area contributed by atoms with E-state index in [9.17, 15) is 8.42 Å². The van der Waals surface area contributed by atoms with Crippen LogP contribution in [0.15, 0.2) is 23.2 Å². The van der Waals surface area contributed by atoms with E-state index in [1.54, 1.807) is 6.07 Å². The van der Waals surface area contributed by atoms with Gasteiger partial charge in [-0.1, -0.05) is 0 Å². The number of hydrogen-bond donors (Lipinski definition) is 3. The zero-order valence-corrected chi connectivity index (χ0v) is 12.6. The van der Waals surface area contributed by atoms with E-state index in [1.165, 1.54) is 25.1 Å². The molecule has 2 unspecified atom stereocenters. The van der Waals surface area contributed by atoms with Gasteiger partial charge in [0.2, 0.25) is 10.0 Å². The van der Waals surface area contributed by atoms with Crippen LogP contribution in [0, 0.1) is 0 Å². The maximum Gasteiger partial charge on any atom is 0.242 e. The average molecular weight is 311 g/mol. The van der Waals surface area contributed by atoms with Crippen LogP contribution in [0.4, 0.5) is 5.82 Å². The van der Waals surface area contributed by atoms with Crippen molar-refractivity contribution in [2.75, 3.05) is 18.5 Å². The fourth-order valence-electron chi connectivity index (χ4n) is 3.24. The summed E-state index contributed by atoms with van der Waals surface area (Å²) in [5.74, 6) is 5.66. The van der Waals surface area contributed by atoms with Gasteiger partial charge in [-0.3, -0.25) is 0 Å². The number of nitrogens with one attached hydrogen (secondary N) is 2. The molecule has 2 fully saturated rings. The van der Waals surface area contributed by atoms with Gasteiger partial charge in [-0.25, -0.2) is 24.0 Å². The first kappa shape index (κ1) is 14.7. The van der Waals surface area contributed by atoms with E-state index in [0.29, 0.717) is 11.9 Å². The molecular weight excluding hydrogens is 290 g/mol. The third-order valence-electron chi connectivity index (χ3n) is 4.34. The van der Waals surface area contributed by atoms with Crippen LogP contribution in [0.25, 0.3) is 0 Å². The molecule has 7 nitrogen and oxygen atoms in total. The van der Waals surface area contributed by atoms with Crippen molar-refractivity contribution in [1.82, 2.24) is 14.6 Å². The van der Waals surface area contributed by atoms with Crippen LogP contribution < -0.4 is 16.0 Å². The number of sulfonamides is 1. The first-order chi connectivity index (χ1) is 10.1. The first-order valence-corrected chi connectivity index (χ1v) is 8.76. The third kappa shape index (κ3) is 3.18. The van der Waals surface area contributed by atoms with E-state index in [2.05, 4.69) is 20.0 Å². The first-order valence-electron chi connectivity index (χ1n) is 7.27. The van der Waals surface area contributed by atoms with E-state index < -0.39 is 10.0 Å². The Morgan fingerprint density at radius 3 is 2.86 bits per heavy atom. The van der Waals surface area contributed by atoms with E-state index in [-0.39, 0.29) is 10.9 Å². The van der Waals surface area contributed by atoms with E-state index in [4.69, 9.17) is 5.84 Å². The summed E-state index contributed by atoms with van der Waals surface area (Å²) in [6, 6.07) is 3.61. The highest BCUT2D eigenvalue weighted by Crippen LogP contribution is 2.27. The maximum atomic E-state index is 12.4. The number of pyridine rings is 1. The Balaban J connectivity index is 1.67. The molecule has 3 heterocycles. The lowest BCUT2D eigenvalue weighted by Crippen LogP contribution is -2.47. The van der Waals surface area contributed by atoms with Crippen LogP contribution in [-0.4, -0.2) is 43.5 Å². The molecule has 2 aliphatic rings. The predicted molar refractivity (Wildman–Crippen MR) is 80.0 cm³/mol. The zero-order chi connectivity index (χ0) is 14.9. The molecule has 0 radical (unpaired) electrons. The summed E-state index contributed by atoms with van der Waals surface area (Å²) in [6.45, 7) is 2.13. The van der Waals surface area contributed by atoms with Crippen molar-refractivity contribution in [3.8, 4) is 0 Å². The lowest BCUT2D eigenvalue weighted by molar-refractivity contribution is 0.176. The molecule has 0 aliphatic carbocycles. The lowest BCUT2D eigenvalue weighted by Gasteiger charge is -2.34. The van der Waals surface area contributed by atoms with Gasteiger partial charge in [0.1, 0.15) is 10.7 Å². The number of piperidine rings is 1. The lowest BCUT2D eigenvalue weighted by atomic mass is 9.99. The molecule has 0 spiro atoms. The molecule has 1 aromatic heterocycles. The van der Waals surface area contributed by atoms with E-state index >= 15 is 0 Å². The number of hydrazine groups is 1. The summed E-state index contributed by atoms with van der Waals surface area (Å²) in [7, 11) is -3.51. The Bertz CT molecular complexity index is 589. The highest BCUT2D eigenvalue weighted by molar-refractivity contribution is 7.89. The van der Waals surface area contributed by atoms with Crippen molar-refractivity contribution >= 4 is 15.8 Å². The Morgan fingerprint density at radius 2 is 2.14 bits per heavy atom. The van der Waals surface area contributed by atoms with Crippen molar-refractivity contribution in [2.45, 2.75) is 42.7 Å². The number of fused-ring (bicyclic) bond motifs is 1. The van der Waals surface area contributed by atoms with Crippen molar-refractivity contribution < 1.29 is 8.42 Å². The minimum atomic E-state index is -3.51. The van der Waals surface area contributed by atoms with Crippen LogP contribution in [0.2, 0.25) is 0 Å². The monoisotopic (exact) mass is 311 g/mol. The maximum absolute atomic E-state index is 12.4. The highest BCUT2D eigenvalue weighted by atomic mass is 32.2. The van der Waals surface area contributed by atoms with Gasteiger partial charge in [-0.05, 0) is 50.9 Å². The van der Waals surface area contributed by atoms with Crippen molar-refractivity contribution in [3.63, 3.8) is 0 Å². The van der Waals surface area contributed by atoms with Crippen LogP contribution >= 0.6 is 0 Å². The van der Waals surface area contributed by atoms with Crippen LogP contribution in [-0.2, 0) is 10.0 Å². The molecule has 0 bridgehead atoms. The second kappa shape index (κ2) is 5.88. The number of anilines is 1. The Labute approximate surface area is 124 Å². The second-order valence-electron chi connectivity index (χ2n) is 5.70. The molecule has 2 atom stereocenters. The predicted octanol–water partition coefficient (Wildman–Crippen LogP) is 0.272. The molecule has 21 heavy (non-hydrogen) atoms. The number of nitrogens with two attached hydrogens (primary N) is 1. The second-order valence-corrected chi connectivity index (χ2v) is 7.41. The van der Waals surface area contributed by atoms with E-state index in [1.807, 2.05) is 0 Å². The largest absolute Gasteiger partial charge is 0.308 e. The normalized spacial score (nSPS) is 26.5.